The number of morpholine rings is 1. The summed E-state index contributed by atoms with van der Waals surface area (Å²) in [5, 5.41) is 3.91. The highest BCUT2D eigenvalue weighted by atomic mass is 19.1. The van der Waals surface area contributed by atoms with E-state index in [0.29, 0.717) is 31.3 Å². The van der Waals surface area contributed by atoms with E-state index in [2.05, 4.69) is 5.16 Å². The molecule has 0 bridgehead atoms. The van der Waals surface area contributed by atoms with E-state index >= 15 is 0 Å². The van der Waals surface area contributed by atoms with Crippen molar-refractivity contribution in [3.63, 3.8) is 0 Å². The SMILES string of the molecule is O=C(c1cc(C2CC2)on1)N1CCO[C@@H](c2ccc(F)cc2)C1. The Bertz CT molecular complexity index is 709. The van der Waals surface area contributed by atoms with E-state index in [1.165, 1.54) is 12.1 Å². The zero-order valence-electron chi connectivity index (χ0n) is 12.6. The molecular formula is C17H17FN2O3. The molecule has 0 radical (unpaired) electrons. The van der Waals surface area contributed by atoms with Crippen LogP contribution in [0.1, 0.15) is 46.7 Å². The lowest BCUT2D eigenvalue weighted by atomic mass is 10.1. The molecule has 4 rings (SSSR count). The molecule has 120 valence electrons. The van der Waals surface area contributed by atoms with Gasteiger partial charge in [-0.2, -0.15) is 0 Å². The minimum absolute atomic E-state index is 0.143. The molecule has 0 N–H and O–H groups in total. The summed E-state index contributed by atoms with van der Waals surface area (Å²) in [5.74, 6) is 0.807. The average molecular weight is 316 g/mol. The lowest BCUT2D eigenvalue weighted by molar-refractivity contribution is -0.0231. The number of hydrogen-bond acceptors (Lipinski definition) is 4. The fraction of sp³-hybridized carbons (Fsp3) is 0.412. The number of rotatable bonds is 3. The summed E-state index contributed by atoms with van der Waals surface area (Å²) < 4.78 is 24.0. The molecule has 1 saturated carbocycles. The van der Waals surface area contributed by atoms with Gasteiger partial charge in [0, 0.05) is 18.5 Å². The molecule has 6 heteroatoms. The number of ether oxygens (including phenoxy) is 1. The van der Waals surface area contributed by atoms with Crippen molar-refractivity contribution < 1.29 is 18.4 Å². The van der Waals surface area contributed by atoms with E-state index < -0.39 is 0 Å². The minimum atomic E-state index is -0.285. The maximum Gasteiger partial charge on any atom is 0.276 e. The predicted octanol–water partition coefficient (Wildman–Crippen LogP) is 2.90. The third-order valence-corrected chi connectivity index (χ3v) is 4.32. The molecule has 5 nitrogen and oxygen atoms in total. The van der Waals surface area contributed by atoms with Crippen LogP contribution in [0, 0.1) is 5.82 Å². The molecule has 1 aromatic carbocycles. The van der Waals surface area contributed by atoms with Gasteiger partial charge in [0.05, 0.1) is 13.2 Å². The van der Waals surface area contributed by atoms with Gasteiger partial charge in [-0.15, -0.1) is 0 Å². The number of carbonyl (C=O) groups excluding carboxylic acids is 1. The smallest absolute Gasteiger partial charge is 0.276 e. The lowest BCUT2D eigenvalue weighted by Gasteiger charge is -2.32. The van der Waals surface area contributed by atoms with E-state index in [-0.39, 0.29) is 17.8 Å². The maximum atomic E-state index is 13.0. The first-order valence-corrected chi connectivity index (χ1v) is 7.83. The van der Waals surface area contributed by atoms with Crippen LogP contribution in [0.15, 0.2) is 34.9 Å². The lowest BCUT2D eigenvalue weighted by Crippen LogP contribution is -2.42. The van der Waals surface area contributed by atoms with Crippen molar-refractivity contribution in [1.82, 2.24) is 10.1 Å². The van der Waals surface area contributed by atoms with Crippen molar-refractivity contribution in [3.8, 4) is 0 Å². The second-order valence-corrected chi connectivity index (χ2v) is 6.05. The van der Waals surface area contributed by atoms with Gasteiger partial charge in [0.2, 0.25) is 0 Å². The first-order valence-electron chi connectivity index (χ1n) is 7.83. The van der Waals surface area contributed by atoms with Crippen molar-refractivity contribution in [2.45, 2.75) is 24.9 Å². The number of aromatic nitrogens is 1. The van der Waals surface area contributed by atoms with E-state index in [1.807, 2.05) is 0 Å². The summed E-state index contributed by atoms with van der Waals surface area (Å²) in [6.07, 6.45) is 1.96. The third kappa shape index (κ3) is 2.99. The van der Waals surface area contributed by atoms with Gasteiger partial charge in [-0.3, -0.25) is 4.79 Å². The zero-order chi connectivity index (χ0) is 15.8. The van der Waals surface area contributed by atoms with Gasteiger partial charge in [0.25, 0.3) is 5.91 Å². The molecule has 2 aliphatic rings. The molecule has 2 fully saturated rings. The Morgan fingerprint density at radius 2 is 2.04 bits per heavy atom. The molecule has 1 aromatic heterocycles. The minimum Gasteiger partial charge on any atom is -0.370 e. The molecule has 0 spiro atoms. The van der Waals surface area contributed by atoms with Crippen LogP contribution < -0.4 is 0 Å². The van der Waals surface area contributed by atoms with Crippen LogP contribution in [-0.4, -0.2) is 35.7 Å². The van der Waals surface area contributed by atoms with Crippen molar-refractivity contribution >= 4 is 5.91 Å². The highest BCUT2D eigenvalue weighted by molar-refractivity contribution is 5.92. The van der Waals surface area contributed by atoms with Gasteiger partial charge in [-0.05, 0) is 30.5 Å². The predicted molar refractivity (Wildman–Crippen MR) is 79.5 cm³/mol. The Kier molecular flexibility index (Phi) is 3.61. The van der Waals surface area contributed by atoms with Crippen molar-refractivity contribution in [2.75, 3.05) is 19.7 Å². The Morgan fingerprint density at radius 3 is 2.78 bits per heavy atom. The quantitative estimate of drug-likeness (QED) is 0.873. The Hall–Kier alpha value is -2.21. The molecule has 1 aliphatic heterocycles. The number of amides is 1. The van der Waals surface area contributed by atoms with Crippen LogP contribution >= 0.6 is 0 Å². The summed E-state index contributed by atoms with van der Waals surface area (Å²) in [6.45, 7) is 1.39. The van der Waals surface area contributed by atoms with E-state index in [9.17, 15) is 9.18 Å². The standard InChI is InChI=1S/C17H17FN2O3/c18-13-5-3-12(4-6-13)16-10-20(7-8-22-16)17(21)14-9-15(23-19-14)11-1-2-11/h3-6,9,11,16H,1-2,7-8,10H2/t16-/m1/s1. The monoisotopic (exact) mass is 316 g/mol. The van der Waals surface area contributed by atoms with Crippen molar-refractivity contribution in [2.24, 2.45) is 0 Å². The normalized spacial score (nSPS) is 21.4. The zero-order valence-corrected chi connectivity index (χ0v) is 12.6. The summed E-state index contributed by atoms with van der Waals surface area (Å²) in [6, 6.07) is 7.94. The van der Waals surface area contributed by atoms with Crippen LogP contribution in [0.3, 0.4) is 0 Å². The number of nitrogens with zero attached hydrogens (tertiary/aromatic N) is 2. The number of halogens is 1. The Labute approximate surface area is 133 Å². The Morgan fingerprint density at radius 1 is 1.26 bits per heavy atom. The second kappa shape index (κ2) is 5.77. The van der Waals surface area contributed by atoms with Crippen LogP contribution in [0.5, 0.6) is 0 Å². The van der Waals surface area contributed by atoms with Crippen molar-refractivity contribution in [3.05, 3.63) is 53.2 Å². The second-order valence-electron chi connectivity index (χ2n) is 6.05. The summed E-state index contributed by atoms with van der Waals surface area (Å²) in [4.78, 5) is 14.3. The first kappa shape index (κ1) is 14.4. The molecule has 0 unspecified atom stereocenters. The van der Waals surface area contributed by atoms with Crippen LogP contribution in [0.25, 0.3) is 0 Å². The van der Waals surface area contributed by atoms with Gasteiger partial charge in [-0.1, -0.05) is 17.3 Å². The van der Waals surface area contributed by atoms with Crippen LogP contribution in [-0.2, 0) is 4.74 Å². The summed E-state index contributed by atoms with van der Waals surface area (Å²) in [5.41, 5.74) is 1.22. The Balaban J connectivity index is 1.47. The third-order valence-electron chi connectivity index (χ3n) is 4.32. The van der Waals surface area contributed by atoms with E-state index in [4.69, 9.17) is 9.26 Å². The highest BCUT2D eigenvalue weighted by Gasteiger charge is 2.31. The summed E-state index contributed by atoms with van der Waals surface area (Å²) >= 11 is 0. The molecule has 2 heterocycles. The summed E-state index contributed by atoms with van der Waals surface area (Å²) in [7, 11) is 0. The molecule has 1 saturated heterocycles. The van der Waals surface area contributed by atoms with Gasteiger partial charge in [0.15, 0.2) is 5.69 Å². The molecule has 23 heavy (non-hydrogen) atoms. The molecular weight excluding hydrogens is 299 g/mol. The van der Waals surface area contributed by atoms with Gasteiger partial charge >= 0.3 is 0 Å². The largest absolute Gasteiger partial charge is 0.370 e. The number of carbonyl (C=O) groups is 1. The molecule has 2 aromatic rings. The van der Waals surface area contributed by atoms with E-state index in [0.717, 1.165) is 24.2 Å². The van der Waals surface area contributed by atoms with Gasteiger partial charge < -0.3 is 14.2 Å². The maximum absolute atomic E-state index is 13.0. The fourth-order valence-electron chi connectivity index (χ4n) is 2.83. The van der Waals surface area contributed by atoms with E-state index in [1.54, 1.807) is 23.1 Å². The van der Waals surface area contributed by atoms with Crippen LogP contribution in [0.4, 0.5) is 4.39 Å². The van der Waals surface area contributed by atoms with Gasteiger partial charge in [-0.25, -0.2) is 4.39 Å². The first-order chi connectivity index (χ1) is 11.2. The number of benzene rings is 1. The average Bonchev–Trinajstić information content (AvgIpc) is 3.32. The fourth-order valence-corrected chi connectivity index (χ4v) is 2.83. The highest BCUT2D eigenvalue weighted by Crippen LogP contribution is 2.40. The molecule has 1 aliphatic carbocycles. The van der Waals surface area contributed by atoms with Crippen LogP contribution in [0.2, 0.25) is 0 Å². The molecule has 1 atom stereocenters. The van der Waals surface area contributed by atoms with Gasteiger partial charge in [0.1, 0.15) is 17.7 Å². The topological polar surface area (TPSA) is 55.6 Å². The number of hydrogen-bond donors (Lipinski definition) is 0. The van der Waals surface area contributed by atoms with Crippen molar-refractivity contribution in [1.29, 1.82) is 0 Å². The molecule has 1 amide bonds.